The molecule has 0 saturated heterocycles. The Kier molecular flexibility index (Phi) is 6.70. The molecule has 3 aromatic rings. The van der Waals surface area contributed by atoms with Crippen molar-refractivity contribution in [1.29, 1.82) is 0 Å². The van der Waals surface area contributed by atoms with E-state index in [0.717, 1.165) is 53.9 Å². The number of benzene rings is 3. The maximum atomic E-state index is 14.2. The maximum absolute atomic E-state index is 14.2. The second-order valence-electron chi connectivity index (χ2n) is 9.15. The minimum absolute atomic E-state index is 0.0380. The van der Waals surface area contributed by atoms with Gasteiger partial charge in [0, 0.05) is 6.07 Å². The van der Waals surface area contributed by atoms with Gasteiger partial charge in [-0.1, -0.05) is 18.6 Å². The van der Waals surface area contributed by atoms with E-state index < -0.39 is 50.9 Å². The van der Waals surface area contributed by atoms with Crippen molar-refractivity contribution in [2.75, 3.05) is 10.8 Å². The van der Waals surface area contributed by atoms with Gasteiger partial charge < -0.3 is 9.47 Å². The van der Waals surface area contributed by atoms with Gasteiger partial charge in [-0.05, 0) is 72.4 Å². The molecule has 202 valence electrons. The lowest BCUT2D eigenvalue weighted by Gasteiger charge is -2.41. The number of anilines is 1. The van der Waals surface area contributed by atoms with Gasteiger partial charge in [0.15, 0.2) is 0 Å². The molecule has 5 nitrogen and oxygen atoms in total. The molecule has 38 heavy (non-hydrogen) atoms. The minimum Gasteiger partial charge on any atom is -0.486 e. The molecule has 0 N–H and O–H groups in total. The smallest absolute Gasteiger partial charge is 0.416 e. The average Bonchev–Trinajstić information content (AvgIpc) is 2.81. The van der Waals surface area contributed by atoms with Crippen LogP contribution in [0.15, 0.2) is 65.6 Å². The molecule has 0 unspecified atom stereocenters. The lowest BCUT2D eigenvalue weighted by atomic mass is 9.80. The third-order valence-electron chi connectivity index (χ3n) is 6.71. The highest BCUT2D eigenvalue weighted by Gasteiger charge is 2.40. The van der Waals surface area contributed by atoms with E-state index in [1.54, 1.807) is 0 Å². The summed E-state index contributed by atoms with van der Waals surface area (Å²) in [4.78, 5) is -0.545. The third kappa shape index (κ3) is 5.13. The highest BCUT2D eigenvalue weighted by Crippen LogP contribution is 2.44. The molecule has 1 fully saturated rings. The number of hydrogen-bond donors (Lipinski definition) is 0. The quantitative estimate of drug-likeness (QED) is 0.311. The summed E-state index contributed by atoms with van der Waals surface area (Å²) in [6.45, 7) is -3.32. The SMILES string of the molecule is O=S(=O)(c1cccc(C(F)(F)F)c1)N1C[C@H](C2CCC2)Oc2ccc(-c3cc(F)cc(OC(F)F)c3)cc21. The van der Waals surface area contributed by atoms with Crippen molar-refractivity contribution in [1.82, 2.24) is 0 Å². The Labute approximate surface area is 214 Å². The monoisotopic (exact) mass is 557 g/mol. The summed E-state index contributed by atoms with van der Waals surface area (Å²) in [7, 11) is -4.48. The average molecular weight is 558 g/mol. The Balaban J connectivity index is 1.60. The molecule has 0 radical (unpaired) electrons. The van der Waals surface area contributed by atoms with E-state index in [4.69, 9.17) is 4.74 Å². The van der Waals surface area contributed by atoms with Crippen LogP contribution in [0.5, 0.6) is 11.5 Å². The third-order valence-corrected chi connectivity index (χ3v) is 8.48. The molecule has 1 aliphatic carbocycles. The minimum atomic E-state index is -4.74. The van der Waals surface area contributed by atoms with Crippen LogP contribution in [0.2, 0.25) is 0 Å². The van der Waals surface area contributed by atoms with Gasteiger partial charge in [0.25, 0.3) is 10.0 Å². The van der Waals surface area contributed by atoms with Crippen LogP contribution >= 0.6 is 0 Å². The van der Waals surface area contributed by atoms with E-state index in [2.05, 4.69) is 4.74 Å². The van der Waals surface area contributed by atoms with Crippen LogP contribution in [-0.2, 0) is 16.2 Å². The molecule has 0 spiro atoms. The summed E-state index contributed by atoms with van der Waals surface area (Å²) >= 11 is 0. The first-order chi connectivity index (χ1) is 17.9. The van der Waals surface area contributed by atoms with Crippen molar-refractivity contribution >= 4 is 15.7 Å². The molecular formula is C26H21F6NO4S. The summed E-state index contributed by atoms with van der Waals surface area (Å²) < 4.78 is 118. The Morgan fingerprint density at radius 2 is 1.74 bits per heavy atom. The summed E-state index contributed by atoms with van der Waals surface area (Å²) in [5, 5.41) is 0. The molecule has 1 saturated carbocycles. The van der Waals surface area contributed by atoms with E-state index in [1.807, 2.05) is 0 Å². The number of rotatable bonds is 6. The largest absolute Gasteiger partial charge is 0.486 e. The Morgan fingerprint density at radius 1 is 0.974 bits per heavy atom. The van der Waals surface area contributed by atoms with E-state index in [1.165, 1.54) is 24.3 Å². The normalized spacial score (nSPS) is 18.1. The van der Waals surface area contributed by atoms with Gasteiger partial charge in [-0.15, -0.1) is 0 Å². The lowest BCUT2D eigenvalue weighted by molar-refractivity contribution is -0.137. The van der Waals surface area contributed by atoms with Crippen LogP contribution in [0.25, 0.3) is 11.1 Å². The summed E-state index contributed by atoms with van der Waals surface area (Å²) in [6, 6.07) is 10.8. The van der Waals surface area contributed by atoms with Crippen molar-refractivity contribution in [3.8, 4) is 22.6 Å². The lowest BCUT2D eigenvalue weighted by Crippen LogP contribution is -2.48. The molecule has 5 rings (SSSR count). The molecule has 0 bridgehead atoms. The van der Waals surface area contributed by atoms with Crippen LogP contribution in [0, 0.1) is 11.7 Å². The predicted molar refractivity (Wildman–Crippen MR) is 126 cm³/mol. The first-order valence-corrected chi connectivity index (χ1v) is 13.1. The fraction of sp³-hybridized carbons (Fsp3) is 0.308. The molecular weight excluding hydrogens is 536 g/mol. The summed E-state index contributed by atoms with van der Waals surface area (Å²) in [5.41, 5.74) is -0.683. The Morgan fingerprint density at radius 3 is 2.39 bits per heavy atom. The topological polar surface area (TPSA) is 55.8 Å². The molecule has 12 heteroatoms. The van der Waals surface area contributed by atoms with Gasteiger partial charge in [-0.2, -0.15) is 22.0 Å². The molecule has 1 atom stereocenters. The highest BCUT2D eigenvalue weighted by molar-refractivity contribution is 7.92. The van der Waals surface area contributed by atoms with E-state index in [0.29, 0.717) is 6.07 Å². The molecule has 0 amide bonds. The van der Waals surface area contributed by atoms with Gasteiger partial charge in [-0.25, -0.2) is 12.8 Å². The molecule has 3 aromatic carbocycles. The maximum Gasteiger partial charge on any atom is 0.416 e. The van der Waals surface area contributed by atoms with Crippen LogP contribution in [0.4, 0.5) is 32.0 Å². The number of hydrogen-bond acceptors (Lipinski definition) is 4. The van der Waals surface area contributed by atoms with Crippen molar-refractivity contribution in [3.63, 3.8) is 0 Å². The number of sulfonamides is 1. The van der Waals surface area contributed by atoms with Crippen molar-refractivity contribution in [3.05, 3.63) is 72.0 Å². The molecule has 2 aliphatic rings. The van der Waals surface area contributed by atoms with Crippen LogP contribution in [0.3, 0.4) is 0 Å². The van der Waals surface area contributed by atoms with Crippen LogP contribution in [0.1, 0.15) is 24.8 Å². The number of halogens is 6. The van der Waals surface area contributed by atoms with Gasteiger partial charge in [0.1, 0.15) is 23.4 Å². The van der Waals surface area contributed by atoms with Gasteiger partial charge in [0.2, 0.25) is 0 Å². The first kappa shape index (κ1) is 26.2. The second kappa shape index (κ2) is 9.72. The second-order valence-corrected chi connectivity index (χ2v) is 11.0. The fourth-order valence-electron chi connectivity index (χ4n) is 4.60. The zero-order valence-corrected chi connectivity index (χ0v) is 20.4. The fourth-order valence-corrected chi connectivity index (χ4v) is 6.12. The number of fused-ring (bicyclic) bond motifs is 1. The molecule has 0 aromatic heterocycles. The van der Waals surface area contributed by atoms with E-state index >= 15 is 0 Å². The predicted octanol–water partition coefficient (Wildman–Crippen LogP) is 6.87. The number of ether oxygens (including phenoxy) is 2. The van der Waals surface area contributed by atoms with Crippen molar-refractivity contribution < 1.29 is 44.2 Å². The summed E-state index contributed by atoms with van der Waals surface area (Å²) in [6.07, 6.45) is -2.65. The van der Waals surface area contributed by atoms with Crippen LogP contribution in [-0.4, -0.2) is 27.7 Å². The zero-order valence-electron chi connectivity index (χ0n) is 19.6. The van der Waals surface area contributed by atoms with Gasteiger partial charge >= 0.3 is 12.8 Å². The molecule has 1 heterocycles. The Bertz CT molecular complexity index is 1460. The van der Waals surface area contributed by atoms with Crippen molar-refractivity contribution in [2.24, 2.45) is 5.92 Å². The number of alkyl halides is 5. The van der Waals surface area contributed by atoms with Crippen LogP contribution < -0.4 is 13.8 Å². The standard InChI is InChI=1S/C26H21F6NO4S/c27-19-9-17(10-20(13-19)36-25(28)29)16-7-8-23-22(11-16)33(14-24(37-23)15-3-1-4-15)38(34,35)21-6-2-5-18(12-21)26(30,31)32/h2,5-13,15,24-25H,1,3-4,14H2/t24-/m1/s1. The highest BCUT2D eigenvalue weighted by atomic mass is 32.2. The van der Waals surface area contributed by atoms with Crippen molar-refractivity contribution in [2.45, 2.75) is 43.0 Å². The van der Waals surface area contributed by atoms with E-state index in [9.17, 15) is 34.8 Å². The Hall–Kier alpha value is -3.41. The van der Waals surface area contributed by atoms with Gasteiger partial charge in [0.05, 0.1) is 22.7 Å². The molecule has 1 aliphatic heterocycles. The first-order valence-electron chi connectivity index (χ1n) is 11.7. The number of nitrogens with zero attached hydrogens (tertiary/aromatic N) is 1. The summed E-state index contributed by atoms with van der Waals surface area (Å²) in [5.74, 6) is -1.01. The van der Waals surface area contributed by atoms with E-state index in [-0.39, 0.29) is 35.0 Å². The zero-order chi connectivity index (χ0) is 27.2. The van der Waals surface area contributed by atoms with Gasteiger partial charge in [-0.3, -0.25) is 4.31 Å².